The number of rotatable bonds is 7. The van der Waals surface area contributed by atoms with Crippen molar-refractivity contribution in [2.45, 2.75) is 69.0 Å². The number of esters is 2. The van der Waals surface area contributed by atoms with Crippen molar-refractivity contribution in [1.29, 1.82) is 0 Å². The molecule has 8 rings (SSSR count). The Balaban J connectivity index is 1.29. The molecule has 5 fully saturated rings. The molecule has 1 N–H and O–H groups in total. The number of carbonyl (C=O) groups is 2. The van der Waals surface area contributed by atoms with Crippen LogP contribution >= 0.6 is 0 Å². The van der Waals surface area contributed by atoms with Gasteiger partial charge in [-0.3, -0.25) is 9.69 Å². The summed E-state index contributed by atoms with van der Waals surface area (Å²) in [5, 5.41) is 0. The molecule has 4 saturated heterocycles. The molecule has 218 valence electrons. The molecule has 1 aliphatic carbocycles. The standard InChI is InChI=1S/C32H38N2O7/c1-7-18-19-14-22-28-32(20-10-8-9-11-21(20)33(28)3)15-23(26(19)29(32)40-16(2)35)34(22)30(18)41-31(36)17-12-24(37-4)27(39-6)25(13-17)38-5/h8-13,18-19,22-23,26,28-30H,7,14-15H2,1-6H3/p+1. The van der Waals surface area contributed by atoms with Gasteiger partial charge in [0.05, 0.1) is 45.4 Å². The minimum atomic E-state index is -0.410. The Labute approximate surface area is 240 Å². The minimum absolute atomic E-state index is 0.140. The average molecular weight is 564 g/mol. The molecule has 11 atom stereocenters. The number of fused-ring (bicyclic) bond motifs is 2. The van der Waals surface area contributed by atoms with E-state index in [0.29, 0.717) is 28.7 Å². The third kappa shape index (κ3) is 3.36. The third-order valence-corrected chi connectivity index (χ3v) is 11.0. The van der Waals surface area contributed by atoms with E-state index in [1.807, 2.05) is 0 Å². The van der Waals surface area contributed by atoms with Crippen molar-refractivity contribution in [3.8, 4) is 17.2 Å². The second-order valence-electron chi connectivity index (χ2n) is 12.3. The lowest BCUT2D eigenvalue weighted by Crippen LogP contribution is -3.11. The average Bonchev–Trinajstić information content (AvgIpc) is 3.38. The second kappa shape index (κ2) is 9.36. The van der Waals surface area contributed by atoms with Crippen LogP contribution in [0.3, 0.4) is 0 Å². The summed E-state index contributed by atoms with van der Waals surface area (Å²) in [5.74, 6) is 1.27. The third-order valence-electron chi connectivity index (χ3n) is 11.0. The van der Waals surface area contributed by atoms with Crippen LogP contribution in [0.15, 0.2) is 36.4 Å². The quantitative estimate of drug-likeness (QED) is 0.515. The van der Waals surface area contributed by atoms with Crippen molar-refractivity contribution in [2.75, 3.05) is 28.4 Å². The van der Waals surface area contributed by atoms with Crippen LogP contribution in [-0.2, 0) is 19.7 Å². The molecule has 2 aromatic carbocycles. The Morgan fingerprint density at radius 1 is 1.02 bits per heavy atom. The normalized spacial score (nSPS) is 38.7. The topological polar surface area (TPSA) is 88.0 Å². The first-order valence-electron chi connectivity index (χ1n) is 14.7. The number of piperidine rings is 4. The van der Waals surface area contributed by atoms with Gasteiger partial charge < -0.3 is 28.6 Å². The van der Waals surface area contributed by atoms with Crippen LogP contribution in [0.2, 0.25) is 0 Å². The SMILES string of the molecule is CCC1C2CC3C4[NH+](C)c5ccccc5C45CC(C2C5OC(C)=O)N3C1OC(=O)c1cc(OC)c(OC)c(OC)c1. The zero-order valence-corrected chi connectivity index (χ0v) is 24.5. The zero-order valence-electron chi connectivity index (χ0n) is 24.5. The van der Waals surface area contributed by atoms with E-state index >= 15 is 0 Å². The molecule has 0 aromatic heterocycles. The van der Waals surface area contributed by atoms with Gasteiger partial charge in [0.15, 0.2) is 17.7 Å². The van der Waals surface area contributed by atoms with E-state index in [2.05, 4.69) is 43.1 Å². The first-order chi connectivity index (χ1) is 19.8. The number of carbonyl (C=O) groups excluding carboxylic acids is 2. The molecular formula is C32H39N2O7+. The van der Waals surface area contributed by atoms with Crippen LogP contribution in [0.4, 0.5) is 5.69 Å². The fraction of sp³-hybridized carbons (Fsp3) is 0.562. The maximum Gasteiger partial charge on any atom is 0.339 e. The smallest absolute Gasteiger partial charge is 0.339 e. The van der Waals surface area contributed by atoms with Crippen molar-refractivity contribution in [1.82, 2.24) is 4.90 Å². The molecule has 2 aromatic rings. The molecule has 5 aliphatic heterocycles. The molecule has 5 bridgehead atoms. The Morgan fingerprint density at radius 2 is 1.73 bits per heavy atom. The van der Waals surface area contributed by atoms with Crippen molar-refractivity contribution < 1.29 is 38.2 Å². The van der Waals surface area contributed by atoms with Crippen molar-refractivity contribution >= 4 is 17.6 Å². The number of para-hydroxylation sites is 1. The molecule has 1 spiro atoms. The molecule has 0 amide bonds. The largest absolute Gasteiger partial charge is 0.493 e. The number of hydrogen-bond donors (Lipinski definition) is 1. The van der Waals surface area contributed by atoms with Crippen LogP contribution in [0.5, 0.6) is 17.2 Å². The fourth-order valence-corrected chi connectivity index (χ4v) is 9.88. The van der Waals surface area contributed by atoms with Crippen molar-refractivity contribution in [3.05, 3.63) is 47.5 Å². The van der Waals surface area contributed by atoms with Gasteiger partial charge in [-0.15, -0.1) is 0 Å². The maximum atomic E-state index is 13.8. The van der Waals surface area contributed by atoms with Gasteiger partial charge in [0, 0.05) is 30.4 Å². The summed E-state index contributed by atoms with van der Waals surface area (Å²) >= 11 is 0. The first-order valence-corrected chi connectivity index (χ1v) is 14.7. The highest BCUT2D eigenvalue weighted by Gasteiger charge is 2.80. The number of quaternary nitrogens is 1. The van der Waals surface area contributed by atoms with Gasteiger partial charge in [0.1, 0.15) is 17.8 Å². The predicted molar refractivity (Wildman–Crippen MR) is 149 cm³/mol. The van der Waals surface area contributed by atoms with Gasteiger partial charge in [0.25, 0.3) is 0 Å². The zero-order chi connectivity index (χ0) is 28.8. The number of nitrogens with one attached hydrogen (secondary N) is 1. The summed E-state index contributed by atoms with van der Waals surface area (Å²) < 4.78 is 29.3. The van der Waals surface area contributed by atoms with Gasteiger partial charge >= 0.3 is 11.9 Å². The molecule has 11 unspecified atom stereocenters. The number of methoxy groups -OCH3 is 3. The lowest BCUT2D eigenvalue weighted by Gasteiger charge is -2.61. The van der Waals surface area contributed by atoms with Crippen LogP contribution in [0.1, 0.15) is 49.0 Å². The minimum Gasteiger partial charge on any atom is -0.493 e. The number of benzene rings is 2. The van der Waals surface area contributed by atoms with Gasteiger partial charge in [-0.25, -0.2) is 4.79 Å². The Bertz CT molecular complexity index is 1390. The van der Waals surface area contributed by atoms with Gasteiger partial charge in [-0.1, -0.05) is 25.1 Å². The molecule has 41 heavy (non-hydrogen) atoms. The summed E-state index contributed by atoms with van der Waals surface area (Å²) in [6.07, 6.45) is 2.24. The first kappa shape index (κ1) is 26.6. The predicted octanol–water partition coefficient (Wildman–Crippen LogP) is 2.73. The number of nitrogens with zero attached hydrogens (tertiary/aromatic N) is 1. The van der Waals surface area contributed by atoms with E-state index in [0.717, 1.165) is 19.3 Å². The fourth-order valence-electron chi connectivity index (χ4n) is 9.88. The molecule has 9 nitrogen and oxygen atoms in total. The highest BCUT2D eigenvalue weighted by molar-refractivity contribution is 5.91. The Hall–Kier alpha value is -3.30. The van der Waals surface area contributed by atoms with E-state index in [1.165, 1.54) is 44.4 Å². The van der Waals surface area contributed by atoms with E-state index in [-0.39, 0.29) is 53.7 Å². The summed E-state index contributed by atoms with van der Waals surface area (Å²) in [7, 11) is 6.85. The van der Waals surface area contributed by atoms with Crippen LogP contribution < -0.4 is 19.1 Å². The Morgan fingerprint density at radius 3 is 2.37 bits per heavy atom. The number of likely N-dealkylation sites (N-methyl/N-ethyl adjacent to an activating group) is 1. The maximum absolute atomic E-state index is 13.8. The number of ether oxygens (including phenoxy) is 5. The summed E-state index contributed by atoms with van der Waals surface area (Å²) in [5.41, 5.74) is 2.74. The van der Waals surface area contributed by atoms with E-state index in [4.69, 9.17) is 23.7 Å². The van der Waals surface area contributed by atoms with Crippen molar-refractivity contribution in [2.24, 2.45) is 17.8 Å². The summed E-state index contributed by atoms with van der Waals surface area (Å²) in [6.45, 7) is 3.71. The highest BCUT2D eigenvalue weighted by Crippen LogP contribution is 2.67. The van der Waals surface area contributed by atoms with E-state index in [1.54, 1.807) is 12.1 Å². The molecule has 6 aliphatic rings. The van der Waals surface area contributed by atoms with Gasteiger partial charge in [-0.2, -0.15) is 0 Å². The highest BCUT2D eigenvalue weighted by atomic mass is 16.6. The van der Waals surface area contributed by atoms with Gasteiger partial charge in [0.2, 0.25) is 5.75 Å². The molecule has 0 radical (unpaired) electrons. The number of hydrogen-bond acceptors (Lipinski definition) is 8. The molecule has 9 heteroatoms. The summed E-state index contributed by atoms with van der Waals surface area (Å²) in [6, 6.07) is 12.6. The van der Waals surface area contributed by atoms with Crippen molar-refractivity contribution in [3.63, 3.8) is 0 Å². The molecular weight excluding hydrogens is 524 g/mol. The van der Waals surface area contributed by atoms with Crippen LogP contribution in [0.25, 0.3) is 0 Å². The monoisotopic (exact) mass is 563 g/mol. The lowest BCUT2D eigenvalue weighted by atomic mass is 9.62. The van der Waals surface area contributed by atoms with Gasteiger partial charge in [-0.05, 0) is 43.4 Å². The van der Waals surface area contributed by atoms with Crippen LogP contribution in [-0.4, -0.2) is 75.7 Å². The molecule has 1 saturated carbocycles. The molecule has 5 heterocycles. The Kier molecular flexibility index (Phi) is 6.07. The van der Waals surface area contributed by atoms with E-state index < -0.39 is 5.97 Å². The summed E-state index contributed by atoms with van der Waals surface area (Å²) in [4.78, 5) is 30.2. The van der Waals surface area contributed by atoms with Crippen LogP contribution in [0, 0.1) is 17.8 Å². The van der Waals surface area contributed by atoms with E-state index in [9.17, 15) is 9.59 Å². The lowest BCUT2D eigenvalue weighted by molar-refractivity contribution is -0.842. The second-order valence-corrected chi connectivity index (χ2v) is 12.3.